The summed E-state index contributed by atoms with van der Waals surface area (Å²) in [6.45, 7) is 9.22. The Kier molecular flexibility index (Phi) is 7.65. The molecule has 1 aliphatic heterocycles. The number of amides is 1. The van der Waals surface area contributed by atoms with Crippen molar-refractivity contribution in [1.29, 1.82) is 0 Å². The fourth-order valence-corrected chi connectivity index (χ4v) is 5.61. The van der Waals surface area contributed by atoms with E-state index < -0.39 is 0 Å². The van der Waals surface area contributed by atoms with Crippen molar-refractivity contribution in [2.45, 2.75) is 78.4 Å². The highest BCUT2D eigenvalue weighted by molar-refractivity contribution is 7.20. The van der Waals surface area contributed by atoms with Gasteiger partial charge in [-0.1, -0.05) is 13.3 Å². The molecule has 4 heterocycles. The normalized spacial score (nSPS) is 14.9. The van der Waals surface area contributed by atoms with Crippen molar-refractivity contribution in [1.82, 2.24) is 19.8 Å². The van der Waals surface area contributed by atoms with Gasteiger partial charge in [0.05, 0.1) is 23.1 Å². The highest BCUT2D eigenvalue weighted by atomic mass is 32.1. The molecule has 3 aromatic rings. The molecule has 1 aliphatic rings. The van der Waals surface area contributed by atoms with E-state index in [1.54, 1.807) is 6.26 Å². The Balaban J connectivity index is 1.41. The van der Waals surface area contributed by atoms with Crippen molar-refractivity contribution in [3.63, 3.8) is 0 Å². The van der Waals surface area contributed by atoms with E-state index in [1.165, 1.54) is 11.3 Å². The Morgan fingerprint density at radius 3 is 2.97 bits per heavy atom. The first-order chi connectivity index (χ1) is 16.0. The van der Waals surface area contributed by atoms with Crippen molar-refractivity contribution < 1.29 is 9.21 Å². The van der Waals surface area contributed by atoms with Crippen molar-refractivity contribution in [2.24, 2.45) is 0 Å². The monoisotopic (exact) mass is 470 g/mol. The molecule has 4 rings (SSSR count). The third-order valence-electron chi connectivity index (χ3n) is 6.68. The lowest BCUT2D eigenvalue weighted by atomic mass is 10.2. The number of hydrogen-bond acceptors (Lipinski definition) is 6. The molecule has 0 saturated carbocycles. The maximum absolute atomic E-state index is 13.1. The van der Waals surface area contributed by atoms with Crippen LogP contribution in [0.15, 0.2) is 27.6 Å². The minimum Gasteiger partial charge on any atom is -0.468 e. The van der Waals surface area contributed by atoms with Crippen LogP contribution < -0.4 is 10.9 Å². The summed E-state index contributed by atoms with van der Waals surface area (Å²) in [6, 6.07) is 4.35. The third kappa shape index (κ3) is 5.22. The van der Waals surface area contributed by atoms with Gasteiger partial charge in [-0.15, -0.1) is 11.3 Å². The van der Waals surface area contributed by atoms with Crippen LogP contribution in [0.2, 0.25) is 0 Å². The lowest BCUT2D eigenvalue weighted by Crippen LogP contribution is -2.35. The molecule has 3 aromatic heterocycles. The quantitative estimate of drug-likeness (QED) is 0.466. The Labute approximate surface area is 198 Å². The van der Waals surface area contributed by atoms with E-state index >= 15 is 0 Å². The van der Waals surface area contributed by atoms with Crippen LogP contribution in [0.5, 0.6) is 0 Å². The molecule has 0 bridgehead atoms. The summed E-state index contributed by atoms with van der Waals surface area (Å²) in [4.78, 5) is 34.5. The predicted octanol–water partition coefficient (Wildman–Crippen LogP) is 4.51. The van der Waals surface area contributed by atoms with E-state index in [-0.39, 0.29) is 11.5 Å². The first-order valence-corrected chi connectivity index (χ1v) is 12.9. The number of nitrogens with zero attached hydrogens (tertiary/aromatic N) is 3. The first kappa shape index (κ1) is 23.7. The Morgan fingerprint density at radius 1 is 1.36 bits per heavy atom. The summed E-state index contributed by atoms with van der Waals surface area (Å²) in [5.74, 6) is 1.70. The van der Waals surface area contributed by atoms with Gasteiger partial charge in [-0.3, -0.25) is 19.1 Å². The highest BCUT2D eigenvalue weighted by Crippen LogP contribution is 2.28. The molecular formula is C25H34N4O3S. The van der Waals surface area contributed by atoms with E-state index in [9.17, 15) is 9.59 Å². The molecule has 0 aliphatic carbocycles. The van der Waals surface area contributed by atoms with Gasteiger partial charge in [0.25, 0.3) is 11.5 Å². The maximum atomic E-state index is 13.1. The predicted molar refractivity (Wildman–Crippen MR) is 132 cm³/mol. The van der Waals surface area contributed by atoms with Gasteiger partial charge in [0.2, 0.25) is 0 Å². The molecule has 0 unspecified atom stereocenters. The number of nitrogens with one attached hydrogen (secondary N) is 1. The summed E-state index contributed by atoms with van der Waals surface area (Å²) in [6.07, 6.45) is 7.62. The number of thiophene rings is 1. The zero-order chi connectivity index (χ0) is 23.4. The number of carbonyl (C=O) groups is 1. The van der Waals surface area contributed by atoms with Crippen molar-refractivity contribution in [2.75, 3.05) is 13.1 Å². The molecule has 7 nitrogen and oxygen atoms in total. The summed E-state index contributed by atoms with van der Waals surface area (Å²) in [5.41, 5.74) is 0.760. The molecule has 0 fully saturated rings. The van der Waals surface area contributed by atoms with E-state index in [1.807, 2.05) is 23.6 Å². The molecule has 8 heteroatoms. The van der Waals surface area contributed by atoms with Gasteiger partial charge in [-0.2, -0.15) is 0 Å². The molecule has 0 saturated heterocycles. The van der Waals surface area contributed by atoms with E-state index in [0.29, 0.717) is 27.7 Å². The molecule has 1 atom stereocenters. The lowest BCUT2D eigenvalue weighted by Gasteiger charge is -2.27. The standard InChI is InChI=1S/C25H34N4O3S/c1-4-17(2)28(16-19-10-8-15-32-19)13-9-12-26-23(30)22-18(3)21-24(33-22)27-20-11-6-5-7-14-29(20)25(21)31/h8,10,15,17H,4-7,9,11-14,16H2,1-3H3,(H,26,30)/t17-/m0/s1. The van der Waals surface area contributed by atoms with Gasteiger partial charge in [-0.25, -0.2) is 4.98 Å². The van der Waals surface area contributed by atoms with Crippen LogP contribution in [0.3, 0.4) is 0 Å². The number of rotatable bonds is 9. The van der Waals surface area contributed by atoms with E-state index in [0.717, 1.165) is 75.3 Å². The maximum Gasteiger partial charge on any atom is 0.262 e. The second-order valence-electron chi connectivity index (χ2n) is 8.95. The van der Waals surface area contributed by atoms with Gasteiger partial charge < -0.3 is 9.73 Å². The van der Waals surface area contributed by atoms with Crippen LogP contribution in [0, 0.1) is 6.92 Å². The fourth-order valence-electron chi connectivity index (χ4n) is 4.51. The minimum atomic E-state index is -0.115. The fraction of sp³-hybridized carbons (Fsp3) is 0.560. The van der Waals surface area contributed by atoms with Gasteiger partial charge in [0.1, 0.15) is 16.4 Å². The Morgan fingerprint density at radius 2 is 2.21 bits per heavy atom. The molecular weight excluding hydrogens is 436 g/mol. The second-order valence-corrected chi connectivity index (χ2v) is 9.95. The van der Waals surface area contributed by atoms with E-state index in [4.69, 9.17) is 9.40 Å². The van der Waals surface area contributed by atoms with Crippen molar-refractivity contribution >= 4 is 27.5 Å². The highest BCUT2D eigenvalue weighted by Gasteiger charge is 2.22. The van der Waals surface area contributed by atoms with Crippen LogP contribution in [-0.4, -0.2) is 39.5 Å². The van der Waals surface area contributed by atoms with Crippen LogP contribution in [0.4, 0.5) is 0 Å². The van der Waals surface area contributed by atoms with E-state index in [2.05, 4.69) is 24.1 Å². The number of fused-ring (bicyclic) bond motifs is 2. The molecule has 0 radical (unpaired) electrons. The third-order valence-corrected chi connectivity index (χ3v) is 7.86. The topological polar surface area (TPSA) is 80.4 Å². The van der Waals surface area contributed by atoms with Gasteiger partial charge in [-0.05, 0) is 57.2 Å². The number of hydrogen-bond donors (Lipinski definition) is 1. The molecule has 1 N–H and O–H groups in total. The van der Waals surface area contributed by atoms with Crippen molar-refractivity contribution in [3.05, 3.63) is 50.8 Å². The first-order valence-electron chi connectivity index (χ1n) is 12.1. The summed E-state index contributed by atoms with van der Waals surface area (Å²) < 4.78 is 7.33. The molecule has 178 valence electrons. The smallest absolute Gasteiger partial charge is 0.262 e. The Hall–Kier alpha value is -2.45. The summed E-state index contributed by atoms with van der Waals surface area (Å²) >= 11 is 1.34. The van der Waals surface area contributed by atoms with Crippen LogP contribution in [-0.2, 0) is 19.5 Å². The second kappa shape index (κ2) is 10.7. The van der Waals surface area contributed by atoms with Crippen molar-refractivity contribution in [3.8, 4) is 0 Å². The average molecular weight is 471 g/mol. The number of furan rings is 1. The lowest BCUT2D eigenvalue weighted by molar-refractivity contribution is 0.0953. The minimum absolute atomic E-state index is 0.00632. The molecule has 0 spiro atoms. The molecule has 0 aromatic carbocycles. The summed E-state index contributed by atoms with van der Waals surface area (Å²) in [5, 5.41) is 3.66. The number of aryl methyl sites for hydroxylation is 2. The SMILES string of the molecule is CC[C@H](C)N(CCCNC(=O)c1sc2nc3n(c(=O)c2c1C)CCCCC3)Cc1ccco1. The summed E-state index contributed by atoms with van der Waals surface area (Å²) in [7, 11) is 0. The zero-order valence-electron chi connectivity index (χ0n) is 19.9. The van der Waals surface area contributed by atoms with Gasteiger partial charge in [0, 0.05) is 32.1 Å². The average Bonchev–Trinajstić information content (AvgIpc) is 3.36. The van der Waals surface area contributed by atoms with Gasteiger partial charge >= 0.3 is 0 Å². The molecule has 33 heavy (non-hydrogen) atoms. The van der Waals surface area contributed by atoms with Crippen LogP contribution in [0.1, 0.15) is 72.8 Å². The van der Waals surface area contributed by atoms with Crippen LogP contribution >= 0.6 is 11.3 Å². The molecule has 1 amide bonds. The van der Waals surface area contributed by atoms with Crippen LogP contribution in [0.25, 0.3) is 10.2 Å². The Bertz CT molecular complexity index is 1150. The zero-order valence-corrected chi connectivity index (χ0v) is 20.7. The largest absolute Gasteiger partial charge is 0.468 e. The van der Waals surface area contributed by atoms with Gasteiger partial charge in [0.15, 0.2) is 0 Å². The number of aromatic nitrogens is 2. The number of carbonyl (C=O) groups excluding carboxylic acids is 1.